The Kier molecular flexibility index (Phi) is 3.99. The second-order valence-electron chi connectivity index (χ2n) is 3.88. The Bertz CT molecular complexity index is 542. The van der Waals surface area contributed by atoms with Gasteiger partial charge in [0, 0.05) is 23.5 Å². The Morgan fingerprint density at radius 1 is 1.28 bits per heavy atom. The third-order valence-electron chi connectivity index (χ3n) is 2.43. The number of benzene rings is 1. The van der Waals surface area contributed by atoms with E-state index in [2.05, 4.69) is 20.6 Å². The first-order chi connectivity index (χ1) is 8.69. The summed E-state index contributed by atoms with van der Waals surface area (Å²) in [7, 11) is 0. The summed E-state index contributed by atoms with van der Waals surface area (Å²) < 4.78 is 0. The molecule has 0 fully saturated rings. The summed E-state index contributed by atoms with van der Waals surface area (Å²) in [4.78, 5) is 8.45. The number of rotatable bonds is 4. The minimum absolute atomic E-state index is 0.612. The predicted octanol–water partition coefficient (Wildman–Crippen LogP) is 3.61. The van der Waals surface area contributed by atoms with Crippen molar-refractivity contribution < 1.29 is 0 Å². The summed E-state index contributed by atoms with van der Waals surface area (Å²) >= 11 is 6.08. The lowest BCUT2D eigenvalue weighted by Crippen LogP contribution is -2.03. The Labute approximate surface area is 111 Å². The first-order valence-corrected chi connectivity index (χ1v) is 6.17. The SMILES string of the molecule is CCNc1nccc(Nc2ccc(C)c(Cl)c2)n1. The number of anilines is 3. The fraction of sp³-hybridized carbons (Fsp3) is 0.231. The van der Waals surface area contributed by atoms with Crippen molar-refractivity contribution in [3.05, 3.63) is 41.0 Å². The maximum absolute atomic E-state index is 6.08. The monoisotopic (exact) mass is 262 g/mol. The van der Waals surface area contributed by atoms with E-state index in [0.29, 0.717) is 5.95 Å². The lowest BCUT2D eigenvalue weighted by Gasteiger charge is -2.08. The van der Waals surface area contributed by atoms with Crippen LogP contribution in [0.2, 0.25) is 5.02 Å². The molecule has 2 aromatic rings. The lowest BCUT2D eigenvalue weighted by atomic mass is 10.2. The Morgan fingerprint density at radius 3 is 2.83 bits per heavy atom. The van der Waals surface area contributed by atoms with E-state index in [1.807, 2.05) is 38.1 Å². The highest BCUT2D eigenvalue weighted by Gasteiger charge is 2.01. The van der Waals surface area contributed by atoms with E-state index in [1.54, 1.807) is 6.20 Å². The average Bonchev–Trinajstić information content (AvgIpc) is 2.35. The number of aromatic nitrogens is 2. The molecule has 4 nitrogen and oxygen atoms in total. The quantitative estimate of drug-likeness (QED) is 0.884. The summed E-state index contributed by atoms with van der Waals surface area (Å²) in [5.41, 5.74) is 1.96. The molecule has 0 saturated carbocycles. The van der Waals surface area contributed by atoms with Gasteiger partial charge >= 0.3 is 0 Å². The van der Waals surface area contributed by atoms with Crippen LogP contribution >= 0.6 is 11.6 Å². The van der Waals surface area contributed by atoms with Gasteiger partial charge in [0.1, 0.15) is 5.82 Å². The van der Waals surface area contributed by atoms with Crippen molar-refractivity contribution in [3.8, 4) is 0 Å². The Hall–Kier alpha value is -1.81. The zero-order chi connectivity index (χ0) is 13.0. The number of nitrogens with zero attached hydrogens (tertiary/aromatic N) is 2. The van der Waals surface area contributed by atoms with Gasteiger partial charge in [0.15, 0.2) is 0 Å². The van der Waals surface area contributed by atoms with Gasteiger partial charge in [0.2, 0.25) is 5.95 Å². The van der Waals surface area contributed by atoms with Crippen molar-refractivity contribution in [1.82, 2.24) is 9.97 Å². The largest absolute Gasteiger partial charge is 0.354 e. The first kappa shape index (κ1) is 12.6. The molecule has 0 aliphatic carbocycles. The second-order valence-corrected chi connectivity index (χ2v) is 4.29. The van der Waals surface area contributed by atoms with Gasteiger partial charge in [0.05, 0.1) is 0 Å². The van der Waals surface area contributed by atoms with Crippen LogP contribution in [0, 0.1) is 6.92 Å². The molecule has 1 heterocycles. The highest BCUT2D eigenvalue weighted by atomic mass is 35.5. The van der Waals surface area contributed by atoms with E-state index < -0.39 is 0 Å². The van der Waals surface area contributed by atoms with Crippen LogP contribution in [0.25, 0.3) is 0 Å². The van der Waals surface area contributed by atoms with Gasteiger partial charge in [0.25, 0.3) is 0 Å². The maximum Gasteiger partial charge on any atom is 0.224 e. The van der Waals surface area contributed by atoms with Crippen molar-refractivity contribution in [1.29, 1.82) is 0 Å². The molecule has 0 radical (unpaired) electrons. The third-order valence-corrected chi connectivity index (χ3v) is 2.84. The predicted molar refractivity (Wildman–Crippen MR) is 75.7 cm³/mol. The fourth-order valence-electron chi connectivity index (χ4n) is 1.49. The molecule has 1 aromatic heterocycles. The average molecular weight is 263 g/mol. The first-order valence-electron chi connectivity index (χ1n) is 5.79. The number of halogens is 1. The van der Waals surface area contributed by atoms with Gasteiger partial charge in [-0.1, -0.05) is 17.7 Å². The summed E-state index contributed by atoms with van der Waals surface area (Å²) in [6.07, 6.45) is 1.71. The molecule has 5 heteroatoms. The third kappa shape index (κ3) is 3.11. The van der Waals surface area contributed by atoms with E-state index in [4.69, 9.17) is 11.6 Å². The van der Waals surface area contributed by atoms with E-state index in [0.717, 1.165) is 28.6 Å². The molecule has 2 N–H and O–H groups in total. The highest BCUT2D eigenvalue weighted by molar-refractivity contribution is 6.31. The molecule has 0 aliphatic heterocycles. The molecule has 0 atom stereocenters. The zero-order valence-electron chi connectivity index (χ0n) is 10.4. The van der Waals surface area contributed by atoms with Crippen molar-refractivity contribution in [3.63, 3.8) is 0 Å². The van der Waals surface area contributed by atoms with E-state index in [-0.39, 0.29) is 0 Å². The van der Waals surface area contributed by atoms with Crippen LogP contribution < -0.4 is 10.6 Å². The lowest BCUT2D eigenvalue weighted by molar-refractivity contribution is 1.09. The van der Waals surface area contributed by atoms with Gasteiger partial charge in [-0.2, -0.15) is 4.98 Å². The summed E-state index contributed by atoms with van der Waals surface area (Å²) in [5, 5.41) is 7.00. The van der Waals surface area contributed by atoms with E-state index in [1.165, 1.54) is 0 Å². The van der Waals surface area contributed by atoms with Gasteiger partial charge in [-0.15, -0.1) is 0 Å². The molecular weight excluding hydrogens is 248 g/mol. The standard InChI is InChI=1S/C13H15ClN4/c1-3-15-13-16-7-6-12(18-13)17-10-5-4-9(2)11(14)8-10/h4-8H,3H2,1-2H3,(H2,15,16,17,18). The minimum atomic E-state index is 0.612. The van der Waals surface area contributed by atoms with Crippen LogP contribution in [0.4, 0.5) is 17.5 Å². The molecular formula is C13H15ClN4. The molecule has 0 saturated heterocycles. The molecule has 1 aromatic carbocycles. The van der Waals surface area contributed by atoms with Gasteiger partial charge < -0.3 is 10.6 Å². The molecule has 0 amide bonds. The number of hydrogen-bond donors (Lipinski definition) is 2. The molecule has 0 bridgehead atoms. The molecule has 0 unspecified atom stereocenters. The van der Waals surface area contributed by atoms with Crippen LogP contribution in [-0.4, -0.2) is 16.5 Å². The van der Waals surface area contributed by atoms with Crippen molar-refractivity contribution >= 4 is 29.1 Å². The summed E-state index contributed by atoms with van der Waals surface area (Å²) in [6.45, 7) is 4.77. The zero-order valence-corrected chi connectivity index (χ0v) is 11.1. The van der Waals surface area contributed by atoms with Crippen LogP contribution in [0.1, 0.15) is 12.5 Å². The fourth-order valence-corrected chi connectivity index (χ4v) is 1.67. The minimum Gasteiger partial charge on any atom is -0.354 e. The van der Waals surface area contributed by atoms with Crippen molar-refractivity contribution in [2.24, 2.45) is 0 Å². The van der Waals surface area contributed by atoms with Crippen LogP contribution in [0.15, 0.2) is 30.5 Å². The Balaban J connectivity index is 2.17. The van der Waals surface area contributed by atoms with Gasteiger partial charge in [-0.3, -0.25) is 0 Å². The normalized spacial score (nSPS) is 10.2. The highest BCUT2D eigenvalue weighted by Crippen LogP contribution is 2.22. The maximum atomic E-state index is 6.08. The molecule has 2 rings (SSSR count). The smallest absolute Gasteiger partial charge is 0.224 e. The number of aryl methyl sites for hydroxylation is 1. The summed E-state index contributed by atoms with van der Waals surface area (Å²) in [5.74, 6) is 1.35. The van der Waals surface area contributed by atoms with Crippen molar-refractivity contribution in [2.45, 2.75) is 13.8 Å². The topological polar surface area (TPSA) is 49.8 Å². The van der Waals surface area contributed by atoms with Crippen LogP contribution in [0.3, 0.4) is 0 Å². The molecule has 0 spiro atoms. The molecule has 94 valence electrons. The van der Waals surface area contributed by atoms with E-state index >= 15 is 0 Å². The molecule has 0 aliphatic rings. The van der Waals surface area contributed by atoms with Crippen LogP contribution in [-0.2, 0) is 0 Å². The summed E-state index contributed by atoms with van der Waals surface area (Å²) in [6, 6.07) is 7.63. The van der Waals surface area contributed by atoms with Crippen molar-refractivity contribution in [2.75, 3.05) is 17.2 Å². The van der Waals surface area contributed by atoms with Gasteiger partial charge in [-0.25, -0.2) is 4.98 Å². The van der Waals surface area contributed by atoms with Crippen LogP contribution in [0.5, 0.6) is 0 Å². The Morgan fingerprint density at radius 2 is 2.11 bits per heavy atom. The van der Waals surface area contributed by atoms with E-state index in [9.17, 15) is 0 Å². The number of hydrogen-bond acceptors (Lipinski definition) is 4. The number of nitrogens with one attached hydrogen (secondary N) is 2. The second kappa shape index (κ2) is 5.69. The molecule has 18 heavy (non-hydrogen) atoms. The van der Waals surface area contributed by atoms with Gasteiger partial charge in [-0.05, 0) is 37.6 Å².